The Morgan fingerprint density at radius 2 is 1.64 bits per heavy atom. The van der Waals surface area contributed by atoms with Gasteiger partial charge in [0.15, 0.2) is 5.15 Å². The van der Waals surface area contributed by atoms with Gasteiger partial charge in [0.1, 0.15) is 11.3 Å². The summed E-state index contributed by atoms with van der Waals surface area (Å²) < 4.78 is 15.6. The molecule has 0 radical (unpaired) electrons. The van der Waals surface area contributed by atoms with Gasteiger partial charge in [-0.3, -0.25) is 0 Å². The summed E-state index contributed by atoms with van der Waals surface area (Å²) in [5, 5.41) is 7.73. The van der Waals surface area contributed by atoms with E-state index in [1.807, 2.05) is 0 Å². The van der Waals surface area contributed by atoms with Crippen molar-refractivity contribution in [1.82, 2.24) is 10.2 Å². The lowest BCUT2D eigenvalue weighted by Crippen LogP contribution is -2.41. The number of carbonyl (C=O) groups excluding carboxylic acids is 2. The summed E-state index contributed by atoms with van der Waals surface area (Å²) in [7, 11) is 0. The van der Waals surface area contributed by atoms with E-state index in [2.05, 4.69) is 10.2 Å². The van der Waals surface area contributed by atoms with E-state index in [1.165, 1.54) is 19.9 Å². The Labute approximate surface area is 148 Å². The van der Waals surface area contributed by atoms with Crippen LogP contribution in [-0.4, -0.2) is 27.9 Å². The molecule has 25 heavy (non-hydrogen) atoms. The van der Waals surface area contributed by atoms with E-state index in [9.17, 15) is 9.59 Å². The predicted molar refractivity (Wildman–Crippen MR) is 87.8 cm³/mol. The number of nitrogens with zero attached hydrogens (tertiary/aromatic N) is 2. The number of cyclic esters (lactones) is 2. The second-order valence-corrected chi connectivity index (χ2v) is 5.99. The van der Waals surface area contributed by atoms with Crippen molar-refractivity contribution in [2.24, 2.45) is 0 Å². The fourth-order valence-electron chi connectivity index (χ4n) is 2.06. The van der Waals surface area contributed by atoms with Gasteiger partial charge < -0.3 is 14.2 Å². The minimum absolute atomic E-state index is 0.170. The van der Waals surface area contributed by atoms with Gasteiger partial charge in [0, 0.05) is 19.9 Å². The number of benzene rings is 1. The Morgan fingerprint density at radius 3 is 2.20 bits per heavy atom. The lowest BCUT2D eigenvalue weighted by molar-refractivity contribution is -0.222. The molecule has 1 aromatic carbocycles. The molecule has 0 unspecified atom stereocenters. The molecule has 0 atom stereocenters. The highest BCUT2D eigenvalue weighted by Gasteiger charge is 2.38. The van der Waals surface area contributed by atoms with E-state index < -0.39 is 17.7 Å². The van der Waals surface area contributed by atoms with Crippen molar-refractivity contribution in [3.63, 3.8) is 0 Å². The Morgan fingerprint density at radius 1 is 1.00 bits per heavy atom. The van der Waals surface area contributed by atoms with Gasteiger partial charge in [-0.05, 0) is 29.8 Å². The molecule has 0 aliphatic carbocycles. The zero-order valence-electron chi connectivity index (χ0n) is 13.4. The quantitative estimate of drug-likeness (QED) is 0.472. The van der Waals surface area contributed by atoms with Crippen molar-refractivity contribution in [3.8, 4) is 11.6 Å². The average Bonchev–Trinajstić information content (AvgIpc) is 2.54. The summed E-state index contributed by atoms with van der Waals surface area (Å²) in [4.78, 5) is 23.8. The molecule has 1 aliphatic heterocycles. The minimum Gasteiger partial charge on any atom is -0.438 e. The topological polar surface area (TPSA) is 87.6 Å². The highest BCUT2D eigenvalue weighted by Crippen LogP contribution is 2.25. The van der Waals surface area contributed by atoms with E-state index in [4.69, 9.17) is 25.8 Å². The van der Waals surface area contributed by atoms with Crippen molar-refractivity contribution >= 4 is 29.6 Å². The lowest BCUT2D eigenvalue weighted by Gasteiger charge is -2.29. The molecule has 128 valence electrons. The average molecular weight is 361 g/mol. The fraction of sp³-hybridized carbons (Fsp3) is 0.176. The summed E-state index contributed by atoms with van der Waals surface area (Å²) in [5.41, 5.74) is 0.440. The van der Waals surface area contributed by atoms with Crippen molar-refractivity contribution < 1.29 is 23.8 Å². The largest absolute Gasteiger partial charge is 0.438 e. The smallest absolute Gasteiger partial charge is 0.348 e. The van der Waals surface area contributed by atoms with E-state index in [0.717, 1.165) is 0 Å². The number of rotatable bonds is 3. The number of carbonyl (C=O) groups is 2. The zero-order valence-corrected chi connectivity index (χ0v) is 14.1. The normalized spacial score (nSPS) is 16.0. The first-order valence-electron chi connectivity index (χ1n) is 7.28. The maximum Gasteiger partial charge on any atom is 0.348 e. The summed E-state index contributed by atoms with van der Waals surface area (Å²) >= 11 is 5.66. The molecule has 1 fully saturated rings. The van der Waals surface area contributed by atoms with Gasteiger partial charge in [0.2, 0.25) is 5.88 Å². The third kappa shape index (κ3) is 4.13. The van der Waals surface area contributed by atoms with Crippen LogP contribution in [0.25, 0.3) is 6.08 Å². The van der Waals surface area contributed by atoms with Crippen LogP contribution in [0.2, 0.25) is 5.15 Å². The molecule has 2 aromatic rings. The molecule has 8 heteroatoms. The first-order valence-corrected chi connectivity index (χ1v) is 7.66. The Kier molecular flexibility index (Phi) is 4.41. The minimum atomic E-state index is -1.26. The van der Waals surface area contributed by atoms with Gasteiger partial charge in [0.05, 0.1) is 0 Å². The van der Waals surface area contributed by atoms with Gasteiger partial charge in [-0.25, -0.2) is 9.59 Å². The third-order valence-electron chi connectivity index (χ3n) is 3.14. The molecule has 0 bridgehead atoms. The van der Waals surface area contributed by atoms with Crippen LogP contribution in [0.3, 0.4) is 0 Å². The molecule has 0 saturated carbocycles. The zero-order chi connectivity index (χ0) is 18.0. The fourth-order valence-corrected chi connectivity index (χ4v) is 2.16. The molecule has 1 aliphatic rings. The maximum absolute atomic E-state index is 11.9. The van der Waals surface area contributed by atoms with Gasteiger partial charge in [-0.2, -0.15) is 0 Å². The van der Waals surface area contributed by atoms with Crippen LogP contribution in [-0.2, 0) is 19.1 Å². The number of aromatic nitrogens is 2. The summed E-state index contributed by atoms with van der Waals surface area (Å²) in [5.74, 6) is -1.91. The predicted octanol–water partition coefficient (Wildman–Crippen LogP) is 3.14. The number of hydrogen-bond donors (Lipinski definition) is 0. The number of esters is 2. The molecule has 0 N–H and O–H groups in total. The molecule has 1 saturated heterocycles. The third-order valence-corrected chi connectivity index (χ3v) is 3.34. The van der Waals surface area contributed by atoms with Crippen LogP contribution in [0.5, 0.6) is 11.6 Å². The van der Waals surface area contributed by atoms with Crippen LogP contribution >= 0.6 is 11.6 Å². The number of hydrogen-bond acceptors (Lipinski definition) is 7. The van der Waals surface area contributed by atoms with E-state index in [0.29, 0.717) is 11.3 Å². The van der Waals surface area contributed by atoms with Crippen molar-refractivity contribution in [2.75, 3.05) is 0 Å². The summed E-state index contributed by atoms with van der Waals surface area (Å²) in [6.07, 6.45) is 1.39. The summed E-state index contributed by atoms with van der Waals surface area (Å²) in [6, 6.07) is 9.81. The maximum atomic E-state index is 11.9. The molecular formula is C17H13ClN2O5. The van der Waals surface area contributed by atoms with E-state index in [-0.39, 0.29) is 16.6 Å². The van der Waals surface area contributed by atoms with Gasteiger partial charge in [-0.15, -0.1) is 10.2 Å². The van der Waals surface area contributed by atoms with Crippen LogP contribution in [0, 0.1) is 0 Å². The molecule has 3 rings (SSSR count). The van der Waals surface area contributed by atoms with Crippen molar-refractivity contribution in [2.45, 2.75) is 19.6 Å². The number of ether oxygens (including phenoxy) is 3. The van der Waals surface area contributed by atoms with Gasteiger partial charge >= 0.3 is 11.9 Å². The second-order valence-electron chi connectivity index (χ2n) is 5.60. The SMILES string of the molecule is CC1(C)OC(=O)C(=Cc2ccc(Oc3ccc(Cl)nn3)cc2)C(=O)O1. The van der Waals surface area contributed by atoms with Crippen LogP contribution < -0.4 is 4.74 Å². The molecule has 1 aromatic heterocycles. The highest BCUT2D eigenvalue weighted by molar-refractivity contribution is 6.29. The lowest BCUT2D eigenvalue weighted by atomic mass is 10.1. The van der Waals surface area contributed by atoms with E-state index >= 15 is 0 Å². The van der Waals surface area contributed by atoms with Crippen LogP contribution in [0.15, 0.2) is 42.0 Å². The molecule has 0 spiro atoms. The Balaban J connectivity index is 1.75. The van der Waals surface area contributed by atoms with Crippen LogP contribution in [0.1, 0.15) is 19.4 Å². The first kappa shape index (κ1) is 16.9. The standard InChI is InChI=1S/C17H13ClN2O5/c1-17(2)24-15(21)12(16(22)25-17)9-10-3-5-11(6-4-10)23-14-8-7-13(18)19-20-14/h3-9H,1-2H3. The van der Waals surface area contributed by atoms with Gasteiger partial charge in [0.25, 0.3) is 5.79 Å². The Hall–Kier alpha value is -2.93. The second kappa shape index (κ2) is 6.52. The molecule has 2 heterocycles. The summed E-state index contributed by atoms with van der Waals surface area (Å²) in [6.45, 7) is 2.98. The molecule has 7 nitrogen and oxygen atoms in total. The van der Waals surface area contributed by atoms with Gasteiger partial charge in [-0.1, -0.05) is 23.7 Å². The van der Waals surface area contributed by atoms with E-state index in [1.54, 1.807) is 36.4 Å². The number of halogens is 1. The van der Waals surface area contributed by atoms with Crippen LogP contribution in [0.4, 0.5) is 0 Å². The van der Waals surface area contributed by atoms with Crippen molar-refractivity contribution in [1.29, 1.82) is 0 Å². The monoisotopic (exact) mass is 360 g/mol. The Bertz CT molecular complexity index is 822. The molecule has 0 amide bonds. The van der Waals surface area contributed by atoms with Crippen molar-refractivity contribution in [3.05, 3.63) is 52.7 Å². The highest BCUT2D eigenvalue weighted by atomic mass is 35.5. The molecular weight excluding hydrogens is 348 g/mol. The first-order chi connectivity index (χ1) is 11.8.